The number of benzene rings is 2. The molecule has 1 fully saturated rings. The van der Waals surface area contributed by atoms with Crippen molar-refractivity contribution in [1.29, 1.82) is 0 Å². The van der Waals surface area contributed by atoms with Gasteiger partial charge < -0.3 is 14.4 Å². The number of rotatable bonds is 2. The van der Waals surface area contributed by atoms with E-state index in [1.165, 1.54) is 7.11 Å². The molecule has 2 heterocycles. The normalized spacial score (nSPS) is 17.3. The van der Waals surface area contributed by atoms with Crippen molar-refractivity contribution in [3.05, 3.63) is 64.2 Å². The summed E-state index contributed by atoms with van der Waals surface area (Å²) in [5, 5.41) is 0. The monoisotopic (exact) mass is 407 g/mol. The van der Waals surface area contributed by atoms with E-state index in [1.54, 1.807) is 29.2 Å². The van der Waals surface area contributed by atoms with Crippen molar-refractivity contribution in [2.45, 2.75) is 38.7 Å². The Morgan fingerprint density at radius 3 is 2.47 bits per heavy atom. The van der Waals surface area contributed by atoms with Crippen LogP contribution in [-0.4, -0.2) is 48.4 Å². The van der Waals surface area contributed by atoms with Gasteiger partial charge in [0, 0.05) is 31.5 Å². The molecule has 2 aliphatic heterocycles. The van der Waals surface area contributed by atoms with Gasteiger partial charge >= 0.3 is 5.97 Å². The molecule has 2 aliphatic rings. The van der Waals surface area contributed by atoms with Gasteiger partial charge in [0.2, 0.25) is 0 Å². The highest BCUT2D eigenvalue weighted by atomic mass is 16.5. The second-order valence-corrected chi connectivity index (χ2v) is 8.21. The van der Waals surface area contributed by atoms with Crippen LogP contribution in [0.2, 0.25) is 0 Å². The van der Waals surface area contributed by atoms with Crippen LogP contribution in [0.3, 0.4) is 0 Å². The standard InChI is InChI=1S/C24H25NO5/c1-15-11-16(2)21-19(12-15)20(26)14-24(30-21)7-9-25(10-8-24)22(27)17-5-4-6-18(13-17)23(28)29-3/h4-6,11-13H,7-10,14H2,1-3H3. The molecule has 0 N–H and O–H groups in total. The first-order valence-corrected chi connectivity index (χ1v) is 10.1. The Balaban J connectivity index is 1.49. The van der Waals surface area contributed by atoms with Gasteiger partial charge in [0.25, 0.3) is 5.91 Å². The molecule has 0 bridgehead atoms. The summed E-state index contributed by atoms with van der Waals surface area (Å²) in [6.45, 7) is 4.93. The summed E-state index contributed by atoms with van der Waals surface area (Å²) in [7, 11) is 1.31. The summed E-state index contributed by atoms with van der Waals surface area (Å²) in [5.74, 6) is 0.182. The van der Waals surface area contributed by atoms with Gasteiger partial charge in [0.15, 0.2) is 5.78 Å². The number of carbonyl (C=O) groups excluding carboxylic acids is 3. The van der Waals surface area contributed by atoms with E-state index in [0.717, 1.165) is 11.1 Å². The first-order chi connectivity index (χ1) is 14.3. The molecule has 6 nitrogen and oxygen atoms in total. The van der Waals surface area contributed by atoms with Gasteiger partial charge in [0.05, 0.1) is 24.7 Å². The lowest BCUT2D eigenvalue weighted by Gasteiger charge is -2.44. The number of hydrogen-bond acceptors (Lipinski definition) is 5. The molecule has 156 valence electrons. The fraction of sp³-hybridized carbons (Fsp3) is 0.375. The largest absolute Gasteiger partial charge is 0.486 e. The Hall–Kier alpha value is -3.15. The van der Waals surface area contributed by atoms with Crippen LogP contribution in [0.25, 0.3) is 0 Å². The SMILES string of the molecule is COC(=O)c1cccc(C(=O)N2CCC3(CC2)CC(=O)c2cc(C)cc(C)c2O3)c1. The van der Waals surface area contributed by atoms with Crippen molar-refractivity contribution >= 4 is 17.7 Å². The lowest BCUT2D eigenvalue weighted by atomic mass is 9.81. The molecule has 30 heavy (non-hydrogen) atoms. The highest BCUT2D eigenvalue weighted by Crippen LogP contribution is 2.41. The summed E-state index contributed by atoms with van der Waals surface area (Å²) < 4.78 is 11.1. The number of carbonyl (C=O) groups is 3. The highest BCUT2D eigenvalue weighted by molar-refractivity contribution is 6.01. The van der Waals surface area contributed by atoms with E-state index in [-0.39, 0.29) is 11.7 Å². The van der Waals surface area contributed by atoms with Crippen molar-refractivity contribution in [2.24, 2.45) is 0 Å². The molecular formula is C24H25NO5. The average Bonchev–Trinajstić information content (AvgIpc) is 2.74. The summed E-state index contributed by atoms with van der Waals surface area (Å²) in [6.07, 6.45) is 1.52. The molecule has 2 aromatic carbocycles. The maximum absolute atomic E-state index is 13.0. The average molecular weight is 407 g/mol. The van der Waals surface area contributed by atoms with E-state index >= 15 is 0 Å². The summed E-state index contributed by atoms with van der Waals surface area (Å²) >= 11 is 0. The second-order valence-electron chi connectivity index (χ2n) is 8.21. The molecule has 0 radical (unpaired) electrons. The van der Waals surface area contributed by atoms with Crippen LogP contribution in [0, 0.1) is 13.8 Å². The number of likely N-dealkylation sites (tertiary alicyclic amines) is 1. The zero-order chi connectivity index (χ0) is 21.5. The summed E-state index contributed by atoms with van der Waals surface area (Å²) in [5.41, 5.74) is 2.92. The number of hydrogen-bond donors (Lipinski definition) is 0. The van der Waals surface area contributed by atoms with Gasteiger partial charge in [-0.05, 0) is 49.2 Å². The molecular weight excluding hydrogens is 382 g/mol. The number of ketones is 1. The van der Waals surface area contributed by atoms with Crippen LogP contribution in [0.4, 0.5) is 0 Å². The molecule has 6 heteroatoms. The minimum absolute atomic E-state index is 0.105. The van der Waals surface area contributed by atoms with Crippen molar-refractivity contribution in [2.75, 3.05) is 20.2 Å². The van der Waals surface area contributed by atoms with Gasteiger partial charge in [-0.1, -0.05) is 12.1 Å². The zero-order valence-corrected chi connectivity index (χ0v) is 17.5. The van der Waals surface area contributed by atoms with Crippen LogP contribution in [0.1, 0.15) is 61.5 Å². The number of nitrogens with zero attached hydrogens (tertiary/aromatic N) is 1. The smallest absolute Gasteiger partial charge is 0.337 e. The Morgan fingerprint density at radius 2 is 1.77 bits per heavy atom. The third kappa shape index (κ3) is 3.58. The number of Topliss-reactive ketones (excluding diaryl/α,β-unsaturated/α-hetero) is 1. The molecule has 0 aromatic heterocycles. The fourth-order valence-corrected chi connectivity index (χ4v) is 4.41. The molecule has 0 aliphatic carbocycles. The van der Waals surface area contributed by atoms with Crippen molar-refractivity contribution in [3.8, 4) is 5.75 Å². The molecule has 1 saturated heterocycles. The number of methoxy groups -OCH3 is 1. The Bertz CT molecular complexity index is 1030. The van der Waals surface area contributed by atoms with Crippen molar-refractivity contribution in [3.63, 3.8) is 0 Å². The van der Waals surface area contributed by atoms with E-state index in [1.807, 2.05) is 26.0 Å². The maximum atomic E-state index is 13.0. The maximum Gasteiger partial charge on any atom is 0.337 e. The number of ether oxygens (including phenoxy) is 2. The van der Waals surface area contributed by atoms with Crippen LogP contribution >= 0.6 is 0 Å². The van der Waals surface area contributed by atoms with Crippen LogP contribution in [-0.2, 0) is 4.74 Å². The number of esters is 1. The summed E-state index contributed by atoms with van der Waals surface area (Å²) in [4.78, 5) is 39.3. The Morgan fingerprint density at radius 1 is 1.07 bits per heavy atom. The topological polar surface area (TPSA) is 72.9 Å². The molecule has 2 aromatic rings. The third-order valence-corrected chi connectivity index (χ3v) is 6.01. The predicted molar refractivity (Wildman–Crippen MR) is 111 cm³/mol. The number of piperidine rings is 1. The Kier molecular flexibility index (Phi) is 5.10. The lowest BCUT2D eigenvalue weighted by Crippen LogP contribution is -2.52. The quantitative estimate of drug-likeness (QED) is 0.710. The lowest BCUT2D eigenvalue weighted by molar-refractivity contribution is -0.00619. The molecule has 4 rings (SSSR count). The van der Waals surface area contributed by atoms with Crippen molar-refractivity contribution in [1.82, 2.24) is 4.90 Å². The fourth-order valence-electron chi connectivity index (χ4n) is 4.41. The first-order valence-electron chi connectivity index (χ1n) is 10.1. The molecule has 1 spiro atoms. The molecule has 0 atom stereocenters. The molecule has 0 unspecified atom stereocenters. The van der Waals surface area contributed by atoms with Gasteiger partial charge in [0.1, 0.15) is 11.4 Å². The van der Waals surface area contributed by atoms with Gasteiger partial charge in [-0.15, -0.1) is 0 Å². The van der Waals surface area contributed by atoms with E-state index in [0.29, 0.717) is 54.8 Å². The molecule has 1 amide bonds. The minimum Gasteiger partial charge on any atom is -0.486 e. The third-order valence-electron chi connectivity index (χ3n) is 6.01. The van der Waals surface area contributed by atoms with Crippen LogP contribution in [0.5, 0.6) is 5.75 Å². The second kappa shape index (κ2) is 7.59. The van der Waals surface area contributed by atoms with Crippen molar-refractivity contribution < 1.29 is 23.9 Å². The highest BCUT2D eigenvalue weighted by Gasteiger charge is 2.44. The van der Waals surface area contributed by atoms with Gasteiger partial charge in [-0.2, -0.15) is 0 Å². The zero-order valence-electron chi connectivity index (χ0n) is 17.5. The first kappa shape index (κ1) is 20.1. The Labute approximate surface area is 175 Å². The predicted octanol–water partition coefficient (Wildman–Crippen LogP) is 3.73. The van der Waals surface area contributed by atoms with Crippen LogP contribution < -0.4 is 4.74 Å². The van der Waals surface area contributed by atoms with Gasteiger partial charge in [-0.3, -0.25) is 9.59 Å². The van der Waals surface area contributed by atoms with E-state index in [9.17, 15) is 14.4 Å². The molecule has 0 saturated carbocycles. The van der Waals surface area contributed by atoms with E-state index in [4.69, 9.17) is 9.47 Å². The van der Waals surface area contributed by atoms with E-state index < -0.39 is 11.6 Å². The number of amides is 1. The minimum atomic E-state index is -0.561. The van der Waals surface area contributed by atoms with E-state index in [2.05, 4.69) is 0 Å². The number of aryl methyl sites for hydroxylation is 2. The van der Waals surface area contributed by atoms with Crippen LogP contribution in [0.15, 0.2) is 36.4 Å². The van der Waals surface area contributed by atoms with Gasteiger partial charge in [-0.25, -0.2) is 4.79 Å². The number of fused-ring (bicyclic) bond motifs is 1. The summed E-state index contributed by atoms with van der Waals surface area (Å²) in [6, 6.07) is 10.5.